The molecule has 3 nitrogen and oxygen atoms in total. The topological polar surface area (TPSA) is 32.3 Å². The zero-order chi connectivity index (χ0) is 14.1. The summed E-state index contributed by atoms with van der Waals surface area (Å²) in [5.74, 6) is -0.600. The Kier molecular flexibility index (Phi) is 3.32. The third kappa shape index (κ3) is 2.23. The highest BCUT2D eigenvalue weighted by molar-refractivity contribution is 6.31. The molecule has 0 unspecified atom stereocenters. The number of carbonyl (C=O) groups is 1. The average molecular weight is 291 g/mol. The monoisotopic (exact) mass is 290 g/mol. The highest BCUT2D eigenvalue weighted by atomic mass is 35.5. The van der Waals surface area contributed by atoms with Gasteiger partial charge in [-0.1, -0.05) is 23.7 Å². The van der Waals surface area contributed by atoms with Gasteiger partial charge < -0.3 is 5.32 Å². The molecular formula is C15H12ClFN2O. The van der Waals surface area contributed by atoms with E-state index >= 15 is 0 Å². The van der Waals surface area contributed by atoms with E-state index in [4.69, 9.17) is 11.6 Å². The van der Waals surface area contributed by atoms with Crippen LogP contribution in [0.5, 0.6) is 0 Å². The van der Waals surface area contributed by atoms with Gasteiger partial charge in [-0.05, 0) is 30.3 Å². The summed E-state index contributed by atoms with van der Waals surface area (Å²) in [6, 6.07) is 11.4. The van der Waals surface area contributed by atoms with E-state index in [1.807, 2.05) is 0 Å². The quantitative estimate of drug-likeness (QED) is 0.862. The zero-order valence-electron chi connectivity index (χ0n) is 10.6. The summed E-state index contributed by atoms with van der Waals surface area (Å²) in [5, 5.41) is 3.66. The Balaban J connectivity index is 2.20. The number of hydrogen-bond donors (Lipinski definition) is 1. The Bertz CT molecular complexity index is 675. The molecule has 0 fully saturated rings. The summed E-state index contributed by atoms with van der Waals surface area (Å²) < 4.78 is 14.0. The van der Waals surface area contributed by atoms with Crippen LogP contribution in [0, 0.1) is 5.82 Å². The lowest BCUT2D eigenvalue weighted by molar-refractivity contribution is -0.117. The number of para-hydroxylation sites is 1. The van der Waals surface area contributed by atoms with Crippen molar-refractivity contribution in [3.63, 3.8) is 0 Å². The van der Waals surface area contributed by atoms with Crippen LogP contribution >= 0.6 is 11.6 Å². The highest BCUT2D eigenvalue weighted by Gasteiger charge is 2.25. The van der Waals surface area contributed by atoms with E-state index < -0.39 is 5.82 Å². The van der Waals surface area contributed by atoms with E-state index in [0.717, 1.165) is 5.69 Å². The molecule has 0 bridgehead atoms. The molecule has 1 N–H and O–H groups in total. The fraction of sp³-hybridized carbons (Fsp3) is 0.133. The van der Waals surface area contributed by atoms with Crippen LogP contribution in [0.2, 0.25) is 5.02 Å². The minimum absolute atomic E-state index is 0.163. The van der Waals surface area contributed by atoms with Gasteiger partial charge in [0.15, 0.2) is 0 Å². The summed E-state index contributed by atoms with van der Waals surface area (Å²) in [4.78, 5) is 13.7. The van der Waals surface area contributed by atoms with E-state index in [1.54, 1.807) is 36.4 Å². The molecule has 1 aliphatic heterocycles. The molecule has 2 aromatic rings. The number of fused-ring (bicyclic) bond motifs is 1. The maximum Gasteiger partial charge on any atom is 0.233 e. The Hall–Kier alpha value is -2.07. The lowest BCUT2D eigenvalue weighted by Gasteiger charge is -2.23. The molecule has 5 heteroatoms. The summed E-state index contributed by atoms with van der Waals surface area (Å²) in [6.45, 7) is 0.512. The second-order valence-electron chi connectivity index (χ2n) is 4.52. The molecule has 1 heterocycles. The van der Waals surface area contributed by atoms with Crippen LogP contribution in [0.4, 0.5) is 21.5 Å². The van der Waals surface area contributed by atoms with Gasteiger partial charge in [-0.3, -0.25) is 9.69 Å². The van der Waals surface area contributed by atoms with Crippen LogP contribution in [-0.2, 0) is 4.79 Å². The van der Waals surface area contributed by atoms with Gasteiger partial charge in [0.2, 0.25) is 5.91 Å². The van der Waals surface area contributed by atoms with Gasteiger partial charge in [0, 0.05) is 18.0 Å². The number of halogens is 2. The Morgan fingerprint density at radius 1 is 1.15 bits per heavy atom. The molecule has 0 atom stereocenters. The number of amides is 1. The lowest BCUT2D eigenvalue weighted by atomic mass is 10.2. The van der Waals surface area contributed by atoms with Crippen molar-refractivity contribution in [1.29, 1.82) is 0 Å². The average Bonchev–Trinajstić information content (AvgIpc) is 2.58. The second kappa shape index (κ2) is 5.13. The molecule has 0 aliphatic carbocycles. The first-order valence-corrected chi connectivity index (χ1v) is 6.65. The molecule has 0 spiro atoms. The van der Waals surface area contributed by atoms with Crippen LogP contribution < -0.4 is 10.2 Å². The molecule has 0 aromatic heterocycles. The predicted octanol–water partition coefficient (Wildman–Crippen LogP) is 3.96. The third-order valence-corrected chi connectivity index (χ3v) is 3.43. The van der Waals surface area contributed by atoms with Crippen molar-refractivity contribution in [1.82, 2.24) is 0 Å². The minimum Gasteiger partial charge on any atom is -0.383 e. The van der Waals surface area contributed by atoms with Crippen molar-refractivity contribution < 1.29 is 9.18 Å². The number of anilines is 3. The van der Waals surface area contributed by atoms with Gasteiger partial charge in [0.25, 0.3) is 0 Å². The molecule has 0 saturated carbocycles. The van der Waals surface area contributed by atoms with Crippen LogP contribution in [0.25, 0.3) is 0 Å². The number of nitrogens with zero attached hydrogens (tertiary/aromatic N) is 1. The molecule has 20 heavy (non-hydrogen) atoms. The summed E-state index contributed by atoms with van der Waals surface area (Å²) in [5.41, 5.74) is 1.58. The molecule has 2 aromatic carbocycles. The maximum absolute atomic E-state index is 14.0. The number of hydrogen-bond acceptors (Lipinski definition) is 2. The minimum atomic E-state index is -0.436. The number of nitrogens with one attached hydrogen (secondary N) is 1. The number of benzene rings is 2. The molecule has 1 amide bonds. The summed E-state index contributed by atoms with van der Waals surface area (Å²) in [7, 11) is 0. The predicted molar refractivity (Wildman–Crippen MR) is 78.1 cm³/mol. The first kappa shape index (κ1) is 12.9. The Labute approximate surface area is 121 Å². The van der Waals surface area contributed by atoms with E-state index in [0.29, 0.717) is 23.7 Å². The van der Waals surface area contributed by atoms with Gasteiger partial charge >= 0.3 is 0 Å². The van der Waals surface area contributed by atoms with Crippen molar-refractivity contribution in [2.24, 2.45) is 0 Å². The standard InChI is InChI=1S/C15H12ClFN2O/c16-10-5-6-12-14(9-10)19(15(20)7-8-18-12)13-4-2-1-3-11(13)17/h1-6,9,18H,7-8H2. The van der Waals surface area contributed by atoms with Crippen molar-refractivity contribution in [3.05, 3.63) is 53.3 Å². The third-order valence-electron chi connectivity index (χ3n) is 3.20. The van der Waals surface area contributed by atoms with Gasteiger partial charge in [-0.15, -0.1) is 0 Å². The van der Waals surface area contributed by atoms with Crippen LogP contribution in [-0.4, -0.2) is 12.5 Å². The van der Waals surface area contributed by atoms with Gasteiger partial charge in [-0.2, -0.15) is 0 Å². The molecular weight excluding hydrogens is 279 g/mol. The molecule has 102 valence electrons. The summed E-state index contributed by atoms with van der Waals surface area (Å²) >= 11 is 6.01. The Morgan fingerprint density at radius 3 is 2.75 bits per heavy atom. The first-order chi connectivity index (χ1) is 9.66. The van der Waals surface area contributed by atoms with E-state index in [2.05, 4.69) is 5.32 Å². The molecule has 3 rings (SSSR count). The normalized spacial score (nSPS) is 14.5. The first-order valence-electron chi connectivity index (χ1n) is 6.28. The van der Waals surface area contributed by atoms with E-state index in [-0.39, 0.29) is 11.6 Å². The second-order valence-corrected chi connectivity index (χ2v) is 4.96. The Morgan fingerprint density at radius 2 is 1.95 bits per heavy atom. The van der Waals surface area contributed by atoms with Crippen molar-refractivity contribution in [2.75, 3.05) is 16.8 Å². The smallest absolute Gasteiger partial charge is 0.233 e. The van der Waals surface area contributed by atoms with Crippen LogP contribution in [0.15, 0.2) is 42.5 Å². The maximum atomic E-state index is 14.0. The van der Waals surface area contributed by atoms with Crippen LogP contribution in [0.1, 0.15) is 6.42 Å². The summed E-state index contributed by atoms with van der Waals surface area (Å²) in [6.07, 6.45) is 0.292. The van der Waals surface area contributed by atoms with Gasteiger partial charge in [0.05, 0.1) is 17.1 Å². The zero-order valence-corrected chi connectivity index (χ0v) is 11.3. The highest BCUT2D eigenvalue weighted by Crippen LogP contribution is 2.37. The number of carbonyl (C=O) groups excluding carboxylic acids is 1. The molecule has 0 saturated heterocycles. The largest absolute Gasteiger partial charge is 0.383 e. The van der Waals surface area contributed by atoms with E-state index in [1.165, 1.54) is 11.0 Å². The molecule has 1 aliphatic rings. The fourth-order valence-corrected chi connectivity index (χ4v) is 2.45. The fourth-order valence-electron chi connectivity index (χ4n) is 2.29. The lowest BCUT2D eigenvalue weighted by Crippen LogP contribution is -2.26. The van der Waals surface area contributed by atoms with Gasteiger partial charge in [0.1, 0.15) is 5.82 Å². The van der Waals surface area contributed by atoms with Gasteiger partial charge in [-0.25, -0.2) is 4.39 Å². The van der Waals surface area contributed by atoms with Crippen molar-refractivity contribution >= 4 is 34.6 Å². The van der Waals surface area contributed by atoms with Crippen LogP contribution in [0.3, 0.4) is 0 Å². The number of rotatable bonds is 1. The van der Waals surface area contributed by atoms with Crippen molar-refractivity contribution in [2.45, 2.75) is 6.42 Å². The molecule has 0 radical (unpaired) electrons. The van der Waals surface area contributed by atoms with Crippen molar-refractivity contribution in [3.8, 4) is 0 Å². The SMILES string of the molecule is O=C1CCNc2ccc(Cl)cc2N1c1ccccc1F. The van der Waals surface area contributed by atoms with E-state index in [9.17, 15) is 9.18 Å².